The van der Waals surface area contributed by atoms with Gasteiger partial charge < -0.3 is 5.32 Å². The molecule has 1 atom stereocenters. The van der Waals surface area contributed by atoms with E-state index in [0.717, 1.165) is 0 Å². The zero-order valence-corrected chi connectivity index (χ0v) is 11.5. The van der Waals surface area contributed by atoms with Crippen LogP contribution in [-0.4, -0.2) is 0 Å². The lowest BCUT2D eigenvalue weighted by molar-refractivity contribution is 0.487. The number of hydrogen-bond donors (Lipinski definition) is 1. The van der Waals surface area contributed by atoms with Crippen LogP contribution in [0.5, 0.6) is 0 Å². The molecule has 106 valence electrons. The van der Waals surface area contributed by atoms with E-state index in [1.54, 1.807) is 13.0 Å². The quantitative estimate of drug-likeness (QED) is 0.869. The average Bonchev–Trinajstić information content (AvgIpc) is 2.40. The third-order valence-corrected chi connectivity index (χ3v) is 3.34. The molecule has 1 nitrogen and oxygen atoms in total. The second-order valence-corrected chi connectivity index (χ2v) is 4.89. The first-order valence-electron chi connectivity index (χ1n) is 6.10. The van der Waals surface area contributed by atoms with Crippen molar-refractivity contribution in [1.29, 1.82) is 0 Å². The van der Waals surface area contributed by atoms with Crippen LogP contribution in [-0.2, 0) is 6.54 Å². The van der Waals surface area contributed by atoms with Crippen molar-refractivity contribution in [3.05, 3.63) is 70.0 Å². The summed E-state index contributed by atoms with van der Waals surface area (Å²) in [6.45, 7) is 1.93. The summed E-state index contributed by atoms with van der Waals surface area (Å²) in [6, 6.07) is 7.59. The van der Waals surface area contributed by atoms with Crippen molar-refractivity contribution in [2.75, 3.05) is 0 Å². The molecule has 20 heavy (non-hydrogen) atoms. The van der Waals surface area contributed by atoms with Crippen LogP contribution in [0, 0.1) is 17.5 Å². The predicted octanol–water partition coefficient (Wildman–Crippen LogP) is 4.61. The van der Waals surface area contributed by atoms with Gasteiger partial charge in [-0.05, 0) is 36.8 Å². The van der Waals surface area contributed by atoms with E-state index in [2.05, 4.69) is 5.32 Å². The smallest absolute Gasteiger partial charge is 0.142 e. The number of benzene rings is 2. The Morgan fingerprint density at radius 2 is 1.70 bits per heavy atom. The number of nitrogens with one attached hydrogen (secondary N) is 1. The van der Waals surface area contributed by atoms with E-state index < -0.39 is 23.5 Å². The summed E-state index contributed by atoms with van der Waals surface area (Å²) in [5.41, 5.74) is 0.623. The van der Waals surface area contributed by atoms with E-state index in [1.807, 2.05) is 0 Å². The van der Waals surface area contributed by atoms with E-state index in [0.29, 0.717) is 5.56 Å². The largest absolute Gasteiger partial charge is 0.306 e. The fraction of sp³-hybridized carbons (Fsp3) is 0.200. The van der Waals surface area contributed by atoms with Crippen molar-refractivity contribution >= 4 is 11.6 Å². The highest BCUT2D eigenvalue weighted by atomic mass is 35.5. The van der Waals surface area contributed by atoms with Gasteiger partial charge in [0, 0.05) is 18.2 Å². The minimum absolute atomic E-state index is 0.0260. The molecule has 1 N–H and O–H groups in total. The first-order chi connectivity index (χ1) is 9.49. The minimum Gasteiger partial charge on any atom is -0.306 e. The Labute approximate surface area is 120 Å². The first-order valence-corrected chi connectivity index (χ1v) is 6.48. The SMILES string of the molecule is CC(NCc1ccc(Cl)c(F)c1)c1c(F)cccc1F. The Kier molecular flexibility index (Phi) is 4.68. The van der Waals surface area contributed by atoms with E-state index >= 15 is 0 Å². The Morgan fingerprint density at radius 1 is 1.05 bits per heavy atom. The Bertz CT molecular complexity index is 596. The van der Waals surface area contributed by atoms with E-state index in [-0.39, 0.29) is 17.1 Å². The van der Waals surface area contributed by atoms with Gasteiger partial charge in [0.1, 0.15) is 17.5 Å². The molecule has 0 saturated heterocycles. The molecule has 2 rings (SSSR count). The summed E-state index contributed by atoms with van der Waals surface area (Å²) in [4.78, 5) is 0. The third-order valence-electron chi connectivity index (χ3n) is 3.03. The van der Waals surface area contributed by atoms with Crippen LogP contribution in [0.3, 0.4) is 0 Å². The Hall–Kier alpha value is -1.52. The Balaban J connectivity index is 2.08. The van der Waals surface area contributed by atoms with Crippen LogP contribution in [0.2, 0.25) is 5.02 Å². The summed E-state index contributed by atoms with van der Waals surface area (Å²) in [5, 5.41) is 3.00. The molecule has 0 aliphatic carbocycles. The van der Waals surface area contributed by atoms with Gasteiger partial charge in [-0.3, -0.25) is 0 Å². The van der Waals surface area contributed by atoms with E-state index in [9.17, 15) is 13.2 Å². The highest BCUT2D eigenvalue weighted by molar-refractivity contribution is 6.30. The van der Waals surface area contributed by atoms with Crippen molar-refractivity contribution in [2.45, 2.75) is 19.5 Å². The second kappa shape index (κ2) is 6.29. The molecule has 0 radical (unpaired) electrons. The van der Waals surface area contributed by atoms with Gasteiger partial charge in [-0.15, -0.1) is 0 Å². The van der Waals surface area contributed by atoms with Crippen LogP contribution in [0.25, 0.3) is 0 Å². The highest BCUT2D eigenvalue weighted by Crippen LogP contribution is 2.21. The van der Waals surface area contributed by atoms with Gasteiger partial charge in [0.25, 0.3) is 0 Å². The van der Waals surface area contributed by atoms with Crippen LogP contribution in [0.4, 0.5) is 13.2 Å². The molecule has 1 unspecified atom stereocenters. The standard InChI is InChI=1S/C15H13ClF3N/c1-9(15-12(17)3-2-4-13(15)18)20-8-10-5-6-11(16)14(19)7-10/h2-7,9,20H,8H2,1H3. The summed E-state index contributed by atoms with van der Waals surface area (Å²) < 4.78 is 40.4. The van der Waals surface area contributed by atoms with Crippen LogP contribution < -0.4 is 5.32 Å². The maximum atomic E-state index is 13.6. The van der Waals surface area contributed by atoms with Gasteiger partial charge in [-0.1, -0.05) is 23.7 Å². The van der Waals surface area contributed by atoms with Crippen molar-refractivity contribution in [3.63, 3.8) is 0 Å². The topological polar surface area (TPSA) is 12.0 Å². The maximum Gasteiger partial charge on any atom is 0.142 e. The number of rotatable bonds is 4. The molecule has 0 aromatic heterocycles. The zero-order chi connectivity index (χ0) is 14.7. The minimum atomic E-state index is -0.604. The van der Waals surface area contributed by atoms with Crippen molar-refractivity contribution in [1.82, 2.24) is 5.32 Å². The normalized spacial score (nSPS) is 12.4. The van der Waals surface area contributed by atoms with Gasteiger partial charge >= 0.3 is 0 Å². The molecule has 0 bridgehead atoms. The highest BCUT2D eigenvalue weighted by Gasteiger charge is 2.15. The molecule has 0 spiro atoms. The molecule has 2 aromatic rings. The molecular formula is C15H13ClF3N. The lowest BCUT2D eigenvalue weighted by Crippen LogP contribution is -2.20. The molecule has 0 aliphatic heterocycles. The molecule has 5 heteroatoms. The molecular weight excluding hydrogens is 287 g/mol. The number of halogens is 4. The van der Waals surface area contributed by atoms with Crippen LogP contribution in [0.15, 0.2) is 36.4 Å². The summed E-state index contributed by atoms with van der Waals surface area (Å²) >= 11 is 5.59. The van der Waals surface area contributed by atoms with Crippen LogP contribution >= 0.6 is 11.6 Å². The fourth-order valence-electron chi connectivity index (χ4n) is 1.95. The van der Waals surface area contributed by atoms with E-state index in [4.69, 9.17) is 11.6 Å². The van der Waals surface area contributed by atoms with Gasteiger partial charge in [0.15, 0.2) is 0 Å². The van der Waals surface area contributed by atoms with Gasteiger partial charge in [0.05, 0.1) is 5.02 Å². The average molecular weight is 300 g/mol. The second-order valence-electron chi connectivity index (χ2n) is 4.49. The molecule has 0 aliphatic rings. The Morgan fingerprint density at radius 3 is 2.30 bits per heavy atom. The molecule has 2 aromatic carbocycles. The van der Waals surface area contributed by atoms with E-state index in [1.165, 1.54) is 30.3 Å². The van der Waals surface area contributed by atoms with Crippen LogP contribution in [0.1, 0.15) is 24.1 Å². The monoisotopic (exact) mass is 299 g/mol. The molecule has 0 fully saturated rings. The molecule has 0 saturated carbocycles. The fourth-order valence-corrected chi connectivity index (χ4v) is 2.06. The maximum absolute atomic E-state index is 13.6. The summed E-state index contributed by atoms with van der Waals surface area (Å²) in [7, 11) is 0. The lowest BCUT2D eigenvalue weighted by Gasteiger charge is -2.16. The van der Waals surface area contributed by atoms with Crippen molar-refractivity contribution < 1.29 is 13.2 Å². The van der Waals surface area contributed by atoms with Crippen molar-refractivity contribution in [2.24, 2.45) is 0 Å². The van der Waals surface area contributed by atoms with Crippen molar-refractivity contribution in [3.8, 4) is 0 Å². The summed E-state index contributed by atoms with van der Waals surface area (Å²) in [5.74, 6) is -1.73. The molecule has 0 amide bonds. The number of hydrogen-bond acceptors (Lipinski definition) is 1. The summed E-state index contributed by atoms with van der Waals surface area (Å²) in [6.07, 6.45) is 0. The zero-order valence-electron chi connectivity index (χ0n) is 10.8. The first kappa shape index (κ1) is 14.9. The molecule has 0 heterocycles. The lowest BCUT2D eigenvalue weighted by atomic mass is 10.1. The predicted molar refractivity (Wildman–Crippen MR) is 73.0 cm³/mol. The third kappa shape index (κ3) is 3.32. The van der Waals surface area contributed by atoms with Gasteiger partial charge in [-0.2, -0.15) is 0 Å². The van der Waals surface area contributed by atoms with Gasteiger partial charge in [-0.25, -0.2) is 13.2 Å². The van der Waals surface area contributed by atoms with Gasteiger partial charge in [0.2, 0.25) is 0 Å².